The number of carbonyl (C=O) groups is 1. The van der Waals surface area contributed by atoms with Crippen LogP contribution in [-0.2, 0) is 10.2 Å². The molecule has 1 saturated carbocycles. The van der Waals surface area contributed by atoms with Gasteiger partial charge in [-0.3, -0.25) is 4.79 Å². The van der Waals surface area contributed by atoms with Gasteiger partial charge in [-0.05, 0) is 18.8 Å². The lowest BCUT2D eigenvalue weighted by Gasteiger charge is -2.13. The summed E-state index contributed by atoms with van der Waals surface area (Å²) in [6, 6.07) is 0. The highest BCUT2D eigenvalue weighted by Crippen LogP contribution is 2.64. The molecule has 1 atom stereocenters. The van der Waals surface area contributed by atoms with Crippen LogP contribution in [0, 0.1) is 12.3 Å². The molecule has 76 valence electrons. The zero-order valence-electron chi connectivity index (χ0n) is 8.50. The molecular weight excluding hydrogens is 182 g/mol. The minimum absolute atomic E-state index is 0.199. The molecule has 1 aliphatic rings. The Kier molecular flexibility index (Phi) is 1.57. The summed E-state index contributed by atoms with van der Waals surface area (Å²) in [7, 11) is 0. The fourth-order valence-electron chi connectivity index (χ4n) is 2.27. The number of aryl methyl sites for hydroxylation is 1. The number of carboxylic acid groups (broad SMARTS) is 1. The summed E-state index contributed by atoms with van der Waals surface area (Å²) in [6.45, 7) is 5.66. The third kappa shape index (κ3) is 0.882. The number of rotatable bonds is 2. The van der Waals surface area contributed by atoms with Gasteiger partial charge in [0.15, 0.2) is 0 Å². The van der Waals surface area contributed by atoms with E-state index in [-0.39, 0.29) is 5.41 Å². The van der Waals surface area contributed by atoms with Crippen LogP contribution in [0.25, 0.3) is 0 Å². The van der Waals surface area contributed by atoms with Crippen molar-refractivity contribution in [2.75, 3.05) is 0 Å². The molecule has 1 fully saturated rings. The van der Waals surface area contributed by atoms with E-state index in [1.165, 1.54) is 6.20 Å². The van der Waals surface area contributed by atoms with E-state index in [2.05, 4.69) is 5.16 Å². The summed E-state index contributed by atoms with van der Waals surface area (Å²) >= 11 is 0. The molecule has 1 unspecified atom stereocenters. The molecule has 2 rings (SSSR count). The SMILES string of the molecule is Cc1oncc1C1(C(=O)O)CC1(C)C. The standard InChI is InChI=1S/C10H13NO3/c1-6-7(4-11-14-6)10(8(12)13)5-9(10,2)3/h4H,5H2,1-3H3,(H,12,13). The summed E-state index contributed by atoms with van der Waals surface area (Å²) in [5.41, 5.74) is -0.262. The average Bonchev–Trinajstić information content (AvgIpc) is 2.44. The zero-order valence-corrected chi connectivity index (χ0v) is 8.50. The largest absolute Gasteiger partial charge is 0.481 e. The van der Waals surface area contributed by atoms with Crippen LogP contribution in [0.1, 0.15) is 31.6 Å². The Bertz CT molecular complexity index is 394. The molecule has 1 aromatic rings. The predicted molar refractivity (Wildman–Crippen MR) is 49.0 cm³/mol. The first-order chi connectivity index (χ1) is 6.42. The Morgan fingerprint density at radius 3 is 2.50 bits per heavy atom. The molecule has 1 aliphatic carbocycles. The van der Waals surface area contributed by atoms with Gasteiger partial charge in [0.25, 0.3) is 0 Å². The molecule has 0 amide bonds. The number of nitrogens with zero attached hydrogens (tertiary/aromatic N) is 1. The van der Waals surface area contributed by atoms with Gasteiger partial charge in [0, 0.05) is 5.56 Å². The molecule has 14 heavy (non-hydrogen) atoms. The first kappa shape index (κ1) is 9.24. The van der Waals surface area contributed by atoms with Gasteiger partial charge in [0.2, 0.25) is 0 Å². The van der Waals surface area contributed by atoms with E-state index in [1.807, 2.05) is 13.8 Å². The van der Waals surface area contributed by atoms with Crippen LogP contribution in [-0.4, -0.2) is 16.2 Å². The van der Waals surface area contributed by atoms with Crippen molar-refractivity contribution < 1.29 is 14.4 Å². The topological polar surface area (TPSA) is 63.3 Å². The highest BCUT2D eigenvalue weighted by atomic mass is 16.5. The van der Waals surface area contributed by atoms with E-state index in [9.17, 15) is 9.90 Å². The lowest BCUT2D eigenvalue weighted by atomic mass is 9.89. The third-order valence-corrected chi connectivity index (χ3v) is 3.31. The van der Waals surface area contributed by atoms with Gasteiger partial charge in [-0.25, -0.2) is 0 Å². The lowest BCUT2D eigenvalue weighted by molar-refractivity contribution is -0.141. The van der Waals surface area contributed by atoms with Crippen molar-refractivity contribution >= 4 is 5.97 Å². The molecule has 4 heteroatoms. The first-order valence-corrected chi connectivity index (χ1v) is 4.57. The molecule has 0 spiro atoms. The third-order valence-electron chi connectivity index (χ3n) is 3.31. The molecule has 4 nitrogen and oxygen atoms in total. The van der Waals surface area contributed by atoms with Gasteiger partial charge >= 0.3 is 5.97 Å². The van der Waals surface area contributed by atoms with Crippen molar-refractivity contribution in [2.24, 2.45) is 5.41 Å². The van der Waals surface area contributed by atoms with E-state index in [1.54, 1.807) is 6.92 Å². The molecule has 1 N–H and O–H groups in total. The molecule has 1 heterocycles. The van der Waals surface area contributed by atoms with Crippen molar-refractivity contribution in [2.45, 2.75) is 32.6 Å². The average molecular weight is 195 g/mol. The number of aromatic nitrogens is 1. The van der Waals surface area contributed by atoms with Crippen molar-refractivity contribution in [1.29, 1.82) is 0 Å². The van der Waals surface area contributed by atoms with Crippen molar-refractivity contribution in [3.63, 3.8) is 0 Å². The highest BCUT2D eigenvalue weighted by Gasteiger charge is 2.69. The van der Waals surface area contributed by atoms with Crippen LogP contribution in [0.5, 0.6) is 0 Å². The smallest absolute Gasteiger partial charge is 0.314 e. The van der Waals surface area contributed by atoms with Crippen molar-refractivity contribution in [3.8, 4) is 0 Å². The molecule has 0 aromatic carbocycles. The number of carboxylic acids is 1. The Morgan fingerprint density at radius 2 is 2.21 bits per heavy atom. The number of hydrogen-bond donors (Lipinski definition) is 1. The Hall–Kier alpha value is -1.32. The van der Waals surface area contributed by atoms with Gasteiger partial charge in [0.05, 0.1) is 6.20 Å². The summed E-state index contributed by atoms with van der Waals surface area (Å²) < 4.78 is 4.92. The van der Waals surface area contributed by atoms with Crippen LogP contribution in [0.4, 0.5) is 0 Å². The summed E-state index contributed by atoms with van der Waals surface area (Å²) in [6.07, 6.45) is 2.18. The van der Waals surface area contributed by atoms with Crippen LogP contribution < -0.4 is 0 Å². The maximum absolute atomic E-state index is 11.3. The summed E-state index contributed by atoms with van der Waals surface area (Å²) in [5, 5.41) is 12.9. The quantitative estimate of drug-likeness (QED) is 0.780. The Morgan fingerprint density at radius 1 is 1.64 bits per heavy atom. The molecule has 0 radical (unpaired) electrons. The van der Waals surface area contributed by atoms with E-state index in [4.69, 9.17) is 4.52 Å². The fraction of sp³-hybridized carbons (Fsp3) is 0.600. The van der Waals surface area contributed by atoms with Crippen LogP contribution in [0.2, 0.25) is 0 Å². The normalized spacial score (nSPS) is 28.8. The first-order valence-electron chi connectivity index (χ1n) is 4.57. The Labute approximate surface area is 81.9 Å². The molecule has 0 saturated heterocycles. The van der Waals surface area contributed by atoms with Crippen molar-refractivity contribution in [3.05, 3.63) is 17.5 Å². The maximum atomic E-state index is 11.3. The molecule has 0 aliphatic heterocycles. The van der Waals surface area contributed by atoms with Gasteiger partial charge in [-0.1, -0.05) is 19.0 Å². The molecule has 1 aromatic heterocycles. The second kappa shape index (κ2) is 2.38. The van der Waals surface area contributed by atoms with E-state index < -0.39 is 11.4 Å². The van der Waals surface area contributed by atoms with Crippen molar-refractivity contribution in [1.82, 2.24) is 5.16 Å². The minimum atomic E-state index is -0.784. The Balaban J connectivity index is 2.52. The van der Waals surface area contributed by atoms with Gasteiger partial charge in [0.1, 0.15) is 11.2 Å². The fourth-order valence-corrected chi connectivity index (χ4v) is 2.27. The van der Waals surface area contributed by atoms with Crippen LogP contribution in [0.3, 0.4) is 0 Å². The molecule has 0 bridgehead atoms. The monoisotopic (exact) mass is 195 g/mol. The second-order valence-corrected chi connectivity index (χ2v) is 4.57. The zero-order chi connectivity index (χ0) is 10.6. The molecular formula is C10H13NO3. The maximum Gasteiger partial charge on any atom is 0.314 e. The van der Waals surface area contributed by atoms with Gasteiger partial charge in [-0.2, -0.15) is 0 Å². The number of aliphatic carboxylic acids is 1. The number of hydrogen-bond acceptors (Lipinski definition) is 3. The summed E-state index contributed by atoms with van der Waals surface area (Å²) in [4.78, 5) is 11.3. The highest BCUT2D eigenvalue weighted by molar-refractivity contribution is 5.87. The van der Waals surface area contributed by atoms with Gasteiger partial charge < -0.3 is 9.63 Å². The lowest BCUT2D eigenvalue weighted by Crippen LogP contribution is -2.25. The summed E-state index contributed by atoms with van der Waals surface area (Å²) in [5.74, 6) is -0.174. The van der Waals surface area contributed by atoms with Crippen LogP contribution >= 0.6 is 0 Å². The minimum Gasteiger partial charge on any atom is -0.481 e. The second-order valence-electron chi connectivity index (χ2n) is 4.57. The van der Waals surface area contributed by atoms with Gasteiger partial charge in [-0.15, -0.1) is 0 Å². The predicted octanol–water partition coefficient (Wildman–Crippen LogP) is 1.74. The van der Waals surface area contributed by atoms with E-state index in [0.29, 0.717) is 12.2 Å². The van der Waals surface area contributed by atoms with Crippen LogP contribution in [0.15, 0.2) is 10.7 Å². The van der Waals surface area contributed by atoms with E-state index >= 15 is 0 Å². The van der Waals surface area contributed by atoms with E-state index in [0.717, 1.165) is 5.56 Å².